The second-order valence-corrected chi connectivity index (χ2v) is 5.34. The van der Waals surface area contributed by atoms with Gasteiger partial charge >= 0.3 is 0 Å². The lowest BCUT2D eigenvalue weighted by Gasteiger charge is -2.24. The number of likely N-dealkylation sites (tertiary alicyclic amines) is 2. The van der Waals surface area contributed by atoms with Gasteiger partial charge in [0.05, 0.1) is 0 Å². The average Bonchev–Trinajstić information content (AvgIpc) is 2.74. The first kappa shape index (κ1) is 9.13. The lowest BCUT2D eigenvalue weighted by Crippen LogP contribution is -2.37. The fourth-order valence-corrected chi connectivity index (χ4v) is 3.51. The van der Waals surface area contributed by atoms with Crippen molar-refractivity contribution in [3.05, 3.63) is 0 Å². The van der Waals surface area contributed by atoms with Crippen LogP contribution in [0.25, 0.3) is 0 Å². The quantitative estimate of drug-likeness (QED) is 0.627. The van der Waals surface area contributed by atoms with Crippen LogP contribution in [0.1, 0.15) is 6.42 Å². The van der Waals surface area contributed by atoms with E-state index in [1.54, 1.807) is 0 Å². The van der Waals surface area contributed by atoms with Crippen molar-refractivity contribution in [1.29, 1.82) is 0 Å². The average molecular weight is 195 g/mol. The van der Waals surface area contributed by atoms with E-state index in [-0.39, 0.29) is 0 Å². The van der Waals surface area contributed by atoms with Crippen molar-refractivity contribution in [2.24, 2.45) is 11.8 Å². The van der Waals surface area contributed by atoms with Gasteiger partial charge in [0, 0.05) is 38.8 Å². The van der Waals surface area contributed by atoms with Gasteiger partial charge in [0.2, 0.25) is 0 Å². The van der Waals surface area contributed by atoms with Crippen molar-refractivity contribution in [1.82, 2.24) is 15.1 Å². The minimum Gasteiger partial charge on any atom is -0.315 e. The standard InChI is InChI=1S/C11H21N3/c1-13-5-9-7-14(8-10(9)6-13)11-2-3-12-4-11/h9-12H,2-8H2,1H3/t9-,10+,11-/m1/s1. The summed E-state index contributed by atoms with van der Waals surface area (Å²) in [6.07, 6.45) is 1.37. The Bertz CT molecular complexity index is 199. The van der Waals surface area contributed by atoms with Crippen molar-refractivity contribution in [3.63, 3.8) is 0 Å². The van der Waals surface area contributed by atoms with Gasteiger partial charge in [0.15, 0.2) is 0 Å². The predicted octanol–water partition coefficient (Wildman–Crippen LogP) is -0.158. The molecule has 3 heteroatoms. The molecule has 0 aromatic heterocycles. The summed E-state index contributed by atoms with van der Waals surface area (Å²) in [5.74, 6) is 1.95. The van der Waals surface area contributed by atoms with Crippen LogP contribution >= 0.6 is 0 Å². The van der Waals surface area contributed by atoms with Crippen LogP contribution in [0.15, 0.2) is 0 Å². The Morgan fingerprint density at radius 1 is 1.07 bits per heavy atom. The zero-order valence-electron chi connectivity index (χ0n) is 9.08. The zero-order chi connectivity index (χ0) is 9.54. The summed E-state index contributed by atoms with van der Waals surface area (Å²) >= 11 is 0. The molecule has 0 unspecified atom stereocenters. The molecule has 3 heterocycles. The molecule has 3 nitrogen and oxygen atoms in total. The van der Waals surface area contributed by atoms with Crippen LogP contribution in [0.2, 0.25) is 0 Å². The molecule has 3 atom stereocenters. The largest absolute Gasteiger partial charge is 0.315 e. The van der Waals surface area contributed by atoms with E-state index in [0.717, 1.165) is 17.9 Å². The third-order valence-corrected chi connectivity index (χ3v) is 4.25. The molecule has 0 saturated carbocycles. The maximum Gasteiger partial charge on any atom is 0.0232 e. The number of hydrogen-bond donors (Lipinski definition) is 1. The van der Waals surface area contributed by atoms with Gasteiger partial charge in [-0.3, -0.25) is 4.90 Å². The molecule has 0 amide bonds. The van der Waals surface area contributed by atoms with E-state index in [0.29, 0.717) is 0 Å². The summed E-state index contributed by atoms with van der Waals surface area (Å²) in [6, 6.07) is 0.853. The van der Waals surface area contributed by atoms with Crippen molar-refractivity contribution in [2.75, 3.05) is 46.3 Å². The van der Waals surface area contributed by atoms with Gasteiger partial charge in [0.25, 0.3) is 0 Å². The second-order valence-electron chi connectivity index (χ2n) is 5.34. The van der Waals surface area contributed by atoms with Gasteiger partial charge in [-0.05, 0) is 31.8 Å². The monoisotopic (exact) mass is 195 g/mol. The summed E-state index contributed by atoms with van der Waals surface area (Å²) in [6.45, 7) is 7.86. The topological polar surface area (TPSA) is 18.5 Å². The predicted molar refractivity (Wildman–Crippen MR) is 57.3 cm³/mol. The van der Waals surface area contributed by atoms with Gasteiger partial charge in [-0.2, -0.15) is 0 Å². The highest BCUT2D eigenvalue weighted by Gasteiger charge is 2.41. The van der Waals surface area contributed by atoms with Crippen molar-refractivity contribution >= 4 is 0 Å². The van der Waals surface area contributed by atoms with Crippen molar-refractivity contribution < 1.29 is 0 Å². The fraction of sp³-hybridized carbons (Fsp3) is 1.00. The third-order valence-electron chi connectivity index (χ3n) is 4.25. The summed E-state index contributed by atoms with van der Waals surface area (Å²) < 4.78 is 0. The Kier molecular flexibility index (Phi) is 2.26. The highest BCUT2D eigenvalue weighted by Crippen LogP contribution is 2.32. The number of fused-ring (bicyclic) bond motifs is 1. The van der Waals surface area contributed by atoms with E-state index >= 15 is 0 Å². The summed E-state index contributed by atoms with van der Waals surface area (Å²) in [5, 5.41) is 3.47. The van der Waals surface area contributed by atoms with Gasteiger partial charge < -0.3 is 10.2 Å². The highest BCUT2D eigenvalue weighted by molar-refractivity contribution is 4.95. The SMILES string of the molecule is CN1C[C@@H]2CN([C@@H]3CCNC3)C[C@@H]2C1. The number of nitrogens with one attached hydrogen (secondary N) is 1. The molecule has 0 aromatic rings. The lowest BCUT2D eigenvalue weighted by atomic mass is 10.0. The molecule has 80 valence electrons. The molecule has 3 fully saturated rings. The van der Waals surface area contributed by atoms with E-state index in [2.05, 4.69) is 22.2 Å². The first-order valence-electron chi connectivity index (χ1n) is 5.96. The van der Waals surface area contributed by atoms with E-state index in [1.807, 2.05) is 0 Å². The Balaban J connectivity index is 1.60. The van der Waals surface area contributed by atoms with Gasteiger partial charge in [-0.1, -0.05) is 0 Å². The van der Waals surface area contributed by atoms with Gasteiger partial charge in [-0.25, -0.2) is 0 Å². The molecule has 1 N–H and O–H groups in total. The van der Waals surface area contributed by atoms with Crippen molar-refractivity contribution in [2.45, 2.75) is 12.5 Å². The minimum absolute atomic E-state index is 0.853. The molecule has 0 aliphatic carbocycles. The molecule has 0 bridgehead atoms. The molecule has 0 aromatic carbocycles. The molecule has 3 aliphatic rings. The Labute approximate surface area is 86.4 Å². The van der Waals surface area contributed by atoms with Crippen LogP contribution in [0, 0.1) is 11.8 Å². The summed E-state index contributed by atoms with van der Waals surface area (Å²) in [5.41, 5.74) is 0. The molecule has 3 rings (SSSR count). The molecule has 3 saturated heterocycles. The van der Waals surface area contributed by atoms with E-state index in [9.17, 15) is 0 Å². The van der Waals surface area contributed by atoms with E-state index in [1.165, 1.54) is 45.7 Å². The first-order valence-corrected chi connectivity index (χ1v) is 5.96. The van der Waals surface area contributed by atoms with Crippen LogP contribution in [-0.2, 0) is 0 Å². The van der Waals surface area contributed by atoms with Crippen LogP contribution in [0.5, 0.6) is 0 Å². The van der Waals surface area contributed by atoms with Crippen LogP contribution < -0.4 is 5.32 Å². The molecule has 3 aliphatic heterocycles. The normalized spacial score (nSPS) is 44.8. The maximum atomic E-state index is 3.47. The molecular formula is C11H21N3. The van der Waals surface area contributed by atoms with Crippen LogP contribution in [0.4, 0.5) is 0 Å². The maximum absolute atomic E-state index is 3.47. The van der Waals surface area contributed by atoms with E-state index in [4.69, 9.17) is 0 Å². The van der Waals surface area contributed by atoms with E-state index < -0.39 is 0 Å². The van der Waals surface area contributed by atoms with Crippen LogP contribution in [0.3, 0.4) is 0 Å². The third kappa shape index (κ3) is 1.47. The molecule has 14 heavy (non-hydrogen) atoms. The fourth-order valence-electron chi connectivity index (χ4n) is 3.51. The molecular weight excluding hydrogens is 174 g/mol. The van der Waals surface area contributed by atoms with Crippen molar-refractivity contribution in [3.8, 4) is 0 Å². The number of nitrogens with zero attached hydrogens (tertiary/aromatic N) is 2. The minimum atomic E-state index is 0.853. The van der Waals surface area contributed by atoms with Gasteiger partial charge in [0.1, 0.15) is 0 Å². The van der Waals surface area contributed by atoms with Crippen LogP contribution in [-0.4, -0.2) is 62.2 Å². The van der Waals surface area contributed by atoms with Gasteiger partial charge in [-0.15, -0.1) is 0 Å². The molecule has 0 spiro atoms. The Morgan fingerprint density at radius 2 is 1.79 bits per heavy atom. The second kappa shape index (κ2) is 3.47. The Hall–Kier alpha value is -0.120. The highest BCUT2D eigenvalue weighted by atomic mass is 15.3. The summed E-state index contributed by atoms with van der Waals surface area (Å²) in [4.78, 5) is 5.24. The Morgan fingerprint density at radius 3 is 2.36 bits per heavy atom. The zero-order valence-corrected chi connectivity index (χ0v) is 9.08. The smallest absolute Gasteiger partial charge is 0.0232 e. The summed E-state index contributed by atoms with van der Waals surface area (Å²) in [7, 11) is 2.26. The first-order chi connectivity index (χ1) is 6.83. The molecule has 0 radical (unpaired) electrons. The number of hydrogen-bond acceptors (Lipinski definition) is 3. The number of rotatable bonds is 1. The lowest BCUT2D eigenvalue weighted by molar-refractivity contribution is 0.222.